The van der Waals surface area contributed by atoms with Crippen molar-refractivity contribution in [2.75, 3.05) is 13.2 Å². The van der Waals surface area contributed by atoms with E-state index < -0.39 is 5.97 Å². The van der Waals surface area contributed by atoms with E-state index in [4.69, 9.17) is 5.11 Å². The van der Waals surface area contributed by atoms with Crippen LogP contribution in [0.1, 0.15) is 0 Å². The zero-order chi connectivity index (χ0) is 9.40. The fraction of sp³-hybridized carbons (Fsp3) is 0.250. The van der Waals surface area contributed by atoms with Gasteiger partial charge in [-0.05, 0) is 12.2 Å². The van der Waals surface area contributed by atoms with Crippen LogP contribution in [0.5, 0.6) is 0 Å². The van der Waals surface area contributed by atoms with Crippen LogP contribution >= 0.6 is 0 Å². The molecule has 0 amide bonds. The molecule has 12 heavy (non-hydrogen) atoms. The van der Waals surface area contributed by atoms with Crippen molar-refractivity contribution < 1.29 is 19.4 Å². The highest BCUT2D eigenvalue weighted by Crippen LogP contribution is 1.95. The van der Waals surface area contributed by atoms with E-state index in [0.29, 0.717) is 6.29 Å². The van der Waals surface area contributed by atoms with Crippen LogP contribution in [0, 0.1) is 0 Å². The summed E-state index contributed by atoms with van der Waals surface area (Å²) in [5, 5.41) is 8.29. The maximum Gasteiger partial charge on any atom is 0.337 e. The number of rotatable bonds is 5. The van der Waals surface area contributed by atoms with E-state index in [1.165, 1.54) is 6.08 Å². The summed E-state index contributed by atoms with van der Waals surface area (Å²) in [6, 6.07) is 0. The maximum absolute atomic E-state index is 10.8. The second kappa shape index (κ2) is 6.30. The van der Waals surface area contributed by atoms with Crippen molar-refractivity contribution in [1.29, 1.82) is 0 Å². The van der Waals surface area contributed by atoms with Gasteiger partial charge in [0.05, 0.1) is 12.2 Å². The summed E-state index contributed by atoms with van der Waals surface area (Å²) in [4.78, 5) is 20.6. The van der Waals surface area contributed by atoms with E-state index in [0.717, 1.165) is 6.08 Å². The molecule has 0 spiro atoms. The van der Waals surface area contributed by atoms with E-state index >= 15 is 0 Å². The summed E-state index contributed by atoms with van der Waals surface area (Å²) in [5.74, 6) is -0.637. The van der Waals surface area contributed by atoms with Gasteiger partial charge in [0.1, 0.15) is 12.9 Å². The van der Waals surface area contributed by atoms with Crippen molar-refractivity contribution >= 4 is 12.3 Å². The first-order valence-electron chi connectivity index (χ1n) is 3.31. The molecule has 0 aromatic heterocycles. The first kappa shape index (κ1) is 10.6. The molecular formula is C8H10O4. The lowest BCUT2D eigenvalue weighted by Crippen LogP contribution is -2.09. The Kier molecular flexibility index (Phi) is 5.55. The molecule has 4 nitrogen and oxygen atoms in total. The van der Waals surface area contributed by atoms with E-state index in [-0.39, 0.29) is 18.8 Å². The van der Waals surface area contributed by atoms with Crippen LogP contribution in [0.15, 0.2) is 24.3 Å². The summed E-state index contributed by atoms with van der Waals surface area (Å²) >= 11 is 0. The van der Waals surface area contributed by atoms with Gasteiger partial charge in [-0.2, -0.15) is 0 Å². The molecule has 4 heteroatoms. The fourth-order valence-corrected chi connectivity index (χ4v) is 0.455. The Bertz CT molecular complexity index is 205. The van der Waals surface area contributed by atoms with Gasteiger partial charge in [-0.1, -0.05) is 6.58 Å². The maximum atomic E-state index is 10.8. The molecule has 0 aliphatic rings. The fourth-order valence-electron chi connectivity index (χ4n) is 0.455. The zero-order valence-electron chi connectivity index (χ0n) is 6.53. The van der Waals surface area contributed by atoms with E-state index in [1.807, 2.05) is 0 Å². The minimum Gasteiger partial charge on any atom is -0.460 e. The number of aliphatic hydroxyl groups excluding tert-OH is 1. The standard InChI is InChI=1S/C8H10O4/c1-7(3-2-4-9)8(11)12-6-5-10/h2-4,10H,1,5-6H2. The highest BCUT2D eigenvalue weighted by Gasteiger charge is 2.03. The second-order valence-corrected chi connectivity index (χ2v) is 1.88. The third-order valence-corrected chi connectivity index (χ3v) is 0.963. The Hall–Kier alpha value is -1.42. The average molecular weight is 170 g/mol. The number of aliphatic hydroxyl groups is 1. The monoisotopic (exact) mass is 170 g/mol. The topological polar surface area (TPSA) is 63.6 Å². The van der Waals surface area contributed by atoms with Crippen molar-refractivity contribution in [2.45, 2.75) is 0 Å². The van der Waals surface area contributed by atoms with Crippen molar-refractivity contribution in [2.24, 2.45) is 0 Å². The van der Waals surface area contributed by atoms with Gasteiger partial charge in [-0.25, -0.2) is 4.79 Å². The van der Waals surface area contributed by atoms with Gasteiger partial charge in [-0.3, -0.25) is 4.79 Å². The number of hydrogen-bond donors (Lipinski definition) is 1. The van der Waals surface area contributed by atoms with Crippen LogP contribution < -0.4 is 0 Å². The summed E-state index contributed by atoms with van der Waals surface area (Å²) in [6.07, 6.45) is 2.92. The summed E-state index contributed by atoms with van der Waals surface area (Å²) in [6.45, 7) is 3.05. The molecule has 0 saturated carbocycles. The number of aldehydes is 1. The van der Waals surface area contributed by atoms with Crippen LogP contribution in [0.4, 0.5) is 0 Å². The number of esters is 1. The lowest BCUT2D eigenvalue weighted by molar-refractivity contribution is -0.139. The lowest BCUT2D eigenvalue weighted by atomic mass is 10.3. The SMILES string of the molecule is C=C(C=CC=O)C(=O)OCCO. The number of carbonyl (C=O) groups excluding carboxylic acids is 2. The number of hydrogen-bond acceptors (Lipinski definition) is 4. The molecule has 0 radical (unpaired) electrons. The smallest absolute Gasteiger partial charge is 0.337 e. The molecule has 0 saturated heterocycles. The van der Waals surface area contributed by atoms with Gasteiger partial charge in [0.25, 0.3) is 0 Å². The number of carbonyl (C=O) groups is 2. The quantitative estimate of drug-likeness (QED) is 0.269. The van der Waals surface area contributed by atoms with Crippen LogP contribution in [-0.2, 0) is 14.3 Å². The highest BCUT2D eigenvalue weighted by atomic mass is 16.5. The van der Waals surface area contributed by atoms with Crippen LogP contribution in [0.3, 0.4) is 0 Å². The van der Waals surface area contributed by atoms with Gasteiger partial charge in [0.2, 0.25) is 0 Å². The first-order valence-corrected chi connectivity index (χ1v) is 3.31. The molecule has 0 rings (SSSR count). The van der Waals surface area contributed by atoms with Gasteiger partial charge in [-0.15, -0.1) is 0 Å². The molecule has 0 atom stereocenters. The Balaban J connectivity index is 3.85. The minimum absolute atomic E-state index is 0.0627. The van der Waals surface area contributed by atoms with Gasteiger partial charge in [0, 0.05) is 0 Å². The van der Waals surface area contributed by atoms with Crippen molar-refractivity contribution in [3.63, 3.8) is 0 Å². The molecule has 0 aromatic rings. The summed E-state index contributed by atoms with van der Waals surface area (Å²) in [7, 11) is 0. The van der Waals surface area contributed by atoms with Crippen molar-refractivity contribution in [3.05, 3.63) is 24.3 Å². The molecule has 1 N–H and O–H groups in total. The van der Waals surface area contributed by atoms with Gasteiger partial charge in [0.15, 0.2) is 0 Å². The average Bonchev–Trinajstić information content (AvgIpc) is 2.10. The molecule has 0 unspecified atom stereocenters. The van der Waals surface area contributed by atoms with Crippen LogP contribution in [0.25, 0.3) is 0 Å². The predicted octanol–water partition coefficient (Wildman–Crippen LogP) is -0.167. The zero-order valence-corrected chi connectivity index (χ0v) is 6.53. The van der Waals surface area contributed by atoms with Gasteiger partial charge >= 0.3 is 5.97 Å². The molecular weight excluding hydrogens is 160 g/mol. The summed E-state index contributed by atoms with van der Waals surface area (Å²) < 4.78 is 4.49. The van der Waals surface area contributed by atoms with E-state index in [1.54, 1.807) is 0 Å². The van der Waals surface area contributed by atoms with Gasteiger partial charge < -0.3 is 9.84 Å². The minimum atomic E-state index is -0.637. The molecule has 0 heterocycles. The Morgan fingerprint density at radius 1 is 1.58 bits per heavy atom. The largest absolute Gasteiger partial charge is 0.460 e. The normalized spacial score (nSPS) is 9.75. The van der Waals surface area contributed by atoms with Crippen LogP contribution in [0.2, 0.25) is 0 Å². The predicted molar refractivity (Wildman–Crippen MR) is 42.4 cm³/mol. The van der Waals surface area contributed by atoms with E-state index in [2.05, 4.69) is 11.3 Å². The number of allylic oxidation sites excluding steroid dienone is 1. The molecule has 0 aliphatic heterocycles. The molecule has 0 aromatic carbocycles. The number of ether oxygens (including phenoxy) is 1. The van der Waals surface area contributed by atoms with E-state index in [9.17, 15) is 9.59 Å². The second-order valence-electron chi connectivity index (χ2n) is 1.88. The Morgan fingerprint density at radius 2 is 2.25 bits per heavy atom. The van der Waals surface area contributed by atoms with Crippen molar-refractivity contribution in [3.8, 4) is 0 Å². The first-order chi connectivity index (χ1) is 5.72. The van der Waals surface area contributed by atoms with Crippen LogP contribution in [-0.4, -0.2) is 30.6 Å². The summed E-state index contributed by atoms with van der Waals surface area (Å²) in [5.41, 5.74) is 0.0792. The Morgan fingerprint density at radius 3 is 2.75 bits per heavy atom. The lowest BCUT2D eigenvalue weighted by Gasteiger charge is -2.00. The molecule has 0 fully saturated rings. The Labute approximate surface area is 70.1 Å². The molecule has 66 valence electrons. The third-order valence-electron chi connectivity index (χ3n) is 0.963. The highest BCUT2D eigenvalue weighted by molar-refractivity contribution is 5.91. The molecule has 0 aliphatic carbocycles. The molecule has 0 bridgehead atoms. The van der Waals surface area contributed by atoms with Crippen molar-refractivity contribution in [1.82, 2.24) is 0 Å². The third kappa shape index (κ3) is 4.40.